The number of fused-ring (bicyclic) bond motifs is 2. The number of hydrogen-bond acceptors (Lipinski definition) is 5. The van der Waals surface area contributed by atoms with Gasteiger partial charge in [0.1, 0.15) is 10.1 Å². The predicted molar refractivity (Wildman–Crippen MR) is 89.5 cm³/mol. The SMILES string of the molecule is O=C(NC1CC2CCC1N2)c1ccc(Oc2cc(Cl)sn2)cc1. The minimum Gasteiger partial charge on any atom is -0.438 e. The molecule has 0 radical (unpaired) electrons. The van der Waals surface area contributed by atoms with Gasteiger partial charge in [0.25, 0.3) is 5.91 Å². The summed E-state index contributed by atoms with van der Waals surface area (Å²) in [6, 6.07) is 9.97. The van der Waals surface area contributed by atoms with Crippen LogP contribution in [0.5, 0.6) is 11.6 Å². The van der Waals surface area contributed by atoms with Crippen LogP contribution in [0.4, 0.5) is 0 Å². The van der Waals surface area contributed by atoms with Crippen LogP contribution in [0.25, 0.3) is 0 Å². The summed E-state index contributed by atoms with van der Waals surface area (Å²) >= 11 is 6.99. The Morgan fingerprint density at radius 3 is 2.78 bits per heavy atom. The molecule has 120 valence electrons. The lowest BCUT2D eigenvalue weighted by molar-refractivity contribution is 0.0931. The van der Waals surface area contributed by atoms with E-state index in [1.807, 2.05) is 0 Å². The first-order valence-electron chi connectivity index (χ1n) is 7.64. The smallest absolute Gasteiger partial charge is 0.251 e. The first-order chi connectivity index (χ1) is 11.2. The van der Waals surface area contributed by atoms with Crippen molar-refractivity contribution in [1.82, 2.24) is 15.0 Å². The highest BCUT2D eigenvalue weighted by Crippen LogP contribution is 2.29. The van der Waals surface area contributed by atoms with Crippen molar-refractivity contribution in [1.29, 1.82) is 0 Å². The molecule has 3 heterocycles. The van der Waals surface area contributed by atoms with Gasteiger partial charge >= 0.3 is 0 Å². The molecule has 0 spiro atoms. The Bertz CT molecular complexity index is 718. The molecule has 1 amide bonds. The molecule has 4 rings (SSSR count). The summed E-state index contributed by atoms with van der Waals surface area (Å²) in [6.07, 6.45) is 3.41. The van der Waals surface area contributed by atoms with Gasteiger partial charge in [0.05, 0.1) is 0 Å². The zero-order chi connectivity index (χ0) is 15.8. The first kappa shape index (κ1) is 14.9. The number of nitrogens with zero attached hydrogens (tertiary/aromatic N) is 1. The molecule has 1 aromatic carbocycles. The normalized spacial score (nSPS) is 25.5. The molecular formula is C16H16ClN3O2S. The summed E-state index contributed by atoms with van der Waals surface area (Å²) in [5, 5.41) is 6.65. The first-order valence-corrected chi connectivity index (χ1v) is 8.79. The molecule has 2 saturated heterocycles. The highest BCUT2D eigenvalue weighted by atomic mass is 35.5. The summed E-state index contributed by atoms with van der Waals surface area (Å²) < 4.78 is 10.2. The lowest BCUT2D eigenvalue weighted by Crippen LogP contribution is -2.42. The van der Waals surface area contributed by atoms with Crippen LogP contribution in [0.15, 0.2) is 30.3 Å². The third-order valence-corrected chi connectivity index (χ3v) is 5.29. The lowest BCUT2D eigenvalue weighted by atomic mass is 9.95. The Labute approximate surface area is 143 Å². The zero-order valence-corrected chi connectivity index (χ0v) is 13.9. The average Bonchev–Trinajstić information content (AvgIpc) is 3.25. The molecule has 0 saturated carbocycles. The molecule has 0 aliphatic carbocycles. The Balaban J connectivity index is 1.38. The zero-order valence-electron chi connectivity index (χ0n) is 12.3. The Kier molecular flexibility index (Phi) is 3.97. The van der Waals surface area contributed by atoms with Crippen molar-refractivity contribution in [2.75, 3.05) is 0 Å². The Morgan fingerprint density at radius 1 is 1.35 bits per heavy atom. The Morgan fingerprint density at radius 2 is 2.17 bits per heavy atom. The third kappa shape index (κ3) is 3.20. The van der Waals surface area contributed by atoms with Crippen LogP contribution in [0.2, 0.25) is 4.34 Å². The number of aromatic nitrogens is 1. The molecule has 2 N–H and O–H groups in total. The van der Waals surface area contributed by atoms with E-state index >= 15 is 0 Å². The molecule has 2 aliphatic rings. The van der Waals surface area contributed by atoms with E-state index in [2.05, 4.69) is 15.0 Å². The summed E-state index contributed by atoms with van der Waals surface area (Å²) in [7, 11) is 0. The second kappa shape index (κ2) is 6.11. The van der Waals surface area contributed by atoms with Crippen molar-refractivity contribution in [3.05, 3.63) is 40.2 Å². The van der Waals surface area contributed by atoms with E-state index < -0.39 is 0 Å². The molecule has 5 nitrogen and oxygen atoms in total. The molecule has 7 heteroatoms. The molecule has 3 unspecified atom stereocenters. The maximum atomic E-state index is 12.3. The van der Waals surface area contributed by atoms with Crippen molar-refractivity contribution in [3.63, 3.8) is 0 Å². The number of ether oxygens (including phenoxy) is 1. The Hall–Kier alpha value is -1.63. The third-order valence-electron chi connectivity index (χ3n) is 4.42. The number of carbonyl (C=O) groups excluding carboxylic acids is 1. The van der Waals surface area contributed by atoms with Gasteiger partial charge in [-0.25, -0.2) is 0 Å². The average molecular weight is 350 g/mol. The van der Waals surface area contributed by atoms with Crippen molar-refractivity contribution in [2.45, 2.75) is 37.4 Å². The van der Waals surface area contributed by atoms with E-state index in [-0.39, 0.29) is 11.9 Å². The van der Waals surface area contributed by atoms with Crippen LogP contribution in [-0.4, -0.2) is 28.4 Å². The fraction of sp³-hybridized carbons (Fsp3) is 0.375. The molecule has 2 bridgehead atoms. The van der Waals surface area contributed by atoms with Gasteiger partial charge in [0, 0.05) is 29.8 Å². The van der Waals surface area contributed by atoms with Crippen molar-refractivity contribution < 1.29 is 9.53 Å². The summed E-state index contributed by atoms with van der Waals surface area (Å²) in [5.74, 6) is 1.06. The minimum absolute atomic E-state index is 0.0346. The molecule has 2 aromatic rings. The van der Waals surface area contributed by atoms with Crippen LogP contribution >= 0.6 is 23.1 Å². The fourth-order valence-electron chi connectivity index (χ4n) is 3.32. The van der Waals surface area contributed by atoms with E-state index in [1.54, 1.807) is 30.3 Å². The highest BCUT2D eigenvalue weighted by molar-refractivity contribution is 7.10. The lowest BCUT2D eigenvalue weighted by Gasteiger charge is -2.21. The number of nitrogens with one attached hydrogen (secondary N) is 2. The number of rotatable bonds is 4. The quantitative estimate of drug-likeness (QED) is 0.889. The summed E-state index contributed by atoms with van der Waals surface area (Å²) in [5.41, 5.74) is 0.636. The second-order valence-corrected chi connectivity index (χ2v) is 7.40. The highest BCUT2D eigenvalue weighted by Gasteiger charge is 2.39. The van der Waals surface area contributed by atoms with E-state index in [1.165, 1.54) is 18.0 Å². The van der Waals surface area contributed by atoms with Gasteiger partial charge in [-0.1, -0.05) is 11.6 Å². The van der Waals surface area contributed by atoms with Gasteiger partial charge in [0.15, 0.2) is 0 Å². The van der Waals surface area contributed by atoms with Gasteiger partial charge < -0.3 is 15.4 Å². The van der Waals surface area contributed by atoms with E-state index in [0.29, 0.717) is 33.6 Å². The standard InChI is InChI=1S/C16H16ClN3O2S/c17-14-8-15(20-23-14)22-11-4-1-9(2-5-11)16(21)19-13-7-10-3-6-12(13)18-10/h1-2,4-5,8,10,12-13,18H,3,6-7H2,(H,19,21). The number of hydrogen-bond donors (Lipinski definition) is 2. The van der Waals surface area contributed by atoms with Gasteiger partial charge in [-0.15, -0.1) is 0 Å². The monoisotopic (exact) mass is 349 g/mol. The number of carbonyl (C=O) groups is 1. The maximum Gasteiger partial charge on any atom is 0.251 e. The van der Waals surface area contributed by atoms with Gasteiger partial charge in [-0.05, 0) is 55.1 Å². The second-order valence-electron chi connectivity index (χ2n) is 5.96. The number of benzene rings is 1. The number of halogens is 1. The summed E-state index contributed by atoms with van der Waals surface area (Å²) in [6.45, 7) is 0. The molecule has 2 fully saturated rings. The van der Waals surface area contributed by atoms with Crippen molar-refractivity contribution in [2.24, 2.45) is 0 Å². The van der Waals surface area contributed by atoms with E-state index in [0.717, 1.165) is 12.8 Å². The van der Waals surface area contributed by atoms with Crippen LogP contribution in [0.3, 0.4) is 0 Å². The molecule has 2 aliphatic heterocycles. The van der Waals surface area contributed by atoms with Crippen LogP contribution in [0.1, 0.15) is 29.6 Å². The maximum absolute atomic E-state index is 12.3. The van der Waals surface area contributed by atoms with Gasteiger partial charge in [0.2, 0.25) is 5.88 Å². The van der Waals surface area contributed by atoms with Crippen LogP contribution in [0, 0.1) is 0 Å². The topological polar surface area (TPSA) is 63.2 Å². The molecular weight excluding hydrogens is 334 g/mol. The number of amides is 1. The predicted octanol–water partition coefficient (Wildman–Crippen LogP) is 3.21. The largest absolute Gasteiger partial charge is 0.438 e. The van der Waals surface area contributed by atoms with Gasteiger partial charge in [-0.3, -0.25) is 4.79 Å². The van der Waals surface area contributed by atoms with Crippen LogP contribution < -0.4 is 15.4 Å². The molecule has 1 aromatic heterocycles. The molecule has 23 heavy (non-hydrogen) atoms. The van der Waals surface area contributed by atoms with Crippen molar-refractivity contribution >= 4 is 29.0 Å². The van der Waals surface area contributed by atoms with E-state index in [4.69, 9.17) is 16.3 Å². The minimum atomic E-state index is -0.0346. The van der Waals surface area contributed by atoms with Crippen molar-refractivity contribution in [3.8, 4) is 11.6 Å². The van der Waals surface area contributed by atoms with Gasteiger partial charge in [-0.2, -0.15) is 4.37 Å². The summed E-state index contributed by atoms with van der Waals surface area (Å²) in [4.78, 5) is 12.3. The van der Waals surface area contributed by atoms with Crippen LogP contribution in [-0.2, 0) is 0 Å². The molecule has 3 atom stereocenters. The van der Waals surface area contributed by atoms with E-state index in [9.17, 15) is 4.79 Å². The fourth-order valence-corrected chi connectivity index (χ4v) is 3.93.